The summed E-state index contributed by atoms with van der Waals surface area (Å²) in [5, 5.41) is 3.08. The first-order chi connectivity index (χ1) is 7.15. The van der Waals surface area contributed by atoms with Crippen LogP contribution in [0, 0.1) is 5.92 Å². The van der Waals surface area contributed by atoms with Gasteiger partial charge in [0.15, 0.2) is 0 Å². The number of piperazine rings is 1. The SMILES string of the molecule is CC(C)CCN1CC(C)(C)NC(=O)C1(C)C. The van der Waals surface area contributed by atoms with Gasteiger partial charge in [-0.2, -0.15) is 0 Å². The van der Waals surface area contributed by atoms with Gasteiger partial charge in [-0.25, -0.2) is 0 Å². The van der Waals surface area contributed by atoms with Gasteiger partial charge in [-0.1, -0.05) is 13.8 Å². The minimum absolute atomic E-state index is 0.108. The first kappa shape index (κ1) is 13.5. The van der Waals surface area contributed by atoms with E-state index in [0.717, 1.165) is 19.5 Å². The van der Waals surface area contributed by atoms with Crippen molar-refractivity contribution in [2.45, 2.75) is 59.0 Å². The maximum atomic E-state index is 12.0. The Morgan fingerprint density at radius 3 is 2.38 bits per heavy atom. The molecule has 0 aliphatic carbocycles. The molecule has 1 aliphatic heterocycles. The van der Waals surface area contributed by atoms with Gasteiger partial charge in [0.2, 0.25) is 5.91 Å². The quantitative estimate of drug-likeness (QED) is 0.798. The summed E-state index contributed by atoms with van der Waals surface area (Å²) < 4.78 is 0. The topological polar surface area (TPSA) is 32.3 Å². The summed E-state index contributed by atoms with van der Waals surface area (Å²) in [6.07, 6.45) is 1.15. The molecule has 94 valence electrons. The van der Waals surface area contributed by atoms with E-state index >= 15 is 0 Å². The van der Waals surface area contributed by atoms with Gasteiger partial charge in [-0.3, -0.25) is 9.69 Å². The zero-order valence-corrected chi connectivity index (χ0v) is 11.6. The van der Waals surface area contributed by atoms with Crippen molar-refractivity contribution in [2.24, 2.45) is 5.92 Å². The van der Waals surface area contributed by atoms with Gasteiger partial charge in [0.1, 0.15) is 0 Å². The Morgan fingerprint density at radius 2 is 1.88 bits per heavy atom. The minimum atomic E-state index is -0.371. The summed E-state index contributed by atoms with van der Waals surface area (Å²) in [5.41, 5.74) is -0.478. The van der Waals surface area contributed by atoms with Crippen LogP contribution in [-0.4, -0.2) is 35.0 Å². The molecule has 3 nitrogen and oxygen atoms in total. The molecule has 0 aromatic carbocycles. The summed E-state index contributed by atoms with van der Waals surface area (Å²) in [6, 6.07) is 0. The van der Waals surface area contributed by atoms with Crippen LogP contribution >= 0.6 is 0 Å². The first-order valence-electron chi connectivity index (χ1n) is 6.23. The monoisotopic (exact) mass is 226 g/mol. The maximum Gasteiger partial charge on any atom is 0.240 e. The van der Waals surface area contributed by atoms with Gasteiger partial charge in [-0.05, 0) is 46.6 Å². The Hall–Kier alpha value is -0.570. The fraction of sp³-hybridized carbons (Fsp3) is 0.923. The lowest BCUT2D eigenvalue weighted by Gasteiger charge is -2.48. The normalized spacial score (nSPS) is 24.6. The van der Waals surface area contributed by atoms with E-state index in [1.165, 1.54) is 0 Å². The first-order valence-corrected chi connectivity index (χ1v) is 6.23. The van der Waals surface area contributed by atoms with Crippen LogP contribution in [0.3, 0.4) is 0 Å². The van der Waals surface area contributed by atoms with Crippen molar-refractivity contribution < 1.29 is 4.79 Å². The molecule has 0 atom stereocenters. The molecule has 0 unspecified atom stereocenters. The lowest BCUT2D eigenvalue weighted by molar-refractivity contribution is -0.139. The molecular formula is C13H26N2O. The molecule has 1 aliphatic rings. The number of carbonyl (C=O) groups excluding carboxylic acids is 1. The van der Waals surface area contributed by atoms with Crippen molar-refractivity contribution in [1.82, 2.24) is 10.2 Å². The van der Waals surface area contributed by atoms with Crippen LogP contribution in [0.4, 0.5) is 0 Å². The highest BCUT2D eigenvalue weighted by Gasteiger charge is 2.43. The number of amides is 1. The van der Waals surface area contributed by atoms with Gasteiger partial charge >= 0.3 is 0 Å². The van der Waals surface area contributed by atoms with E-state index in [1.807, 2.05) is 13.8 Å². The van der Waals surface area contributed by atoms with Crippen molar-refractivity contribution in [3.05, 3.63) is 0 Å². The molecule has 0 spiro atoms. The van der Waals surface area contributed by atoms with E-state index in [0.29, 0.717) is 5.92 Å². The third-order valence-corrected chi connectivity index (χ3v) is 3.36. The van der Waals surface area contributed by atoms with Crippen molar-refractivity contribution >= 4 is 5.91 Å². The fourth-order valence-electron chi connectivity index (χ4n) is 2.09. The second kappa shape index (κ2) is 4.36. The van der Waals surface area contributed by atoms with Gasteiger partial charge in [0.05, 0.1) is 5.54 Å². The van der Waals surface area contributed by atoms with Crippen molar-refractivity contribution in [2.75, 3.05) is 13.1 Å². The van der Waals surface area contributed by atoms with Crippen molar-refractivity contribution in [1.29, 1.82) is 0 Å². The molecular weight excluding hydrogens is 200 g/mol. The Labute approximate surface area is 99.6 Å². The lowest BCUT2D eigenvalue weighted by Crippen LogP contribution is -2.69. The molecule has 0 bridgehead atoms. The average molecular weight is 226 g/mol. The summed E-state index contributed by atoms with van der Waals surface area (Å²) in [7, 11) is 0. The second-order valence-corrected chi connectivity index (χ2v) is 6.50. The summed E-state index contributed by atoms with van der Waals surface area (Å²) in [6.45, 7) is 14.6. The number of hydrogen-bond donors (Lipinski definition) is 1. The number of rotatable bonds is 3. The highest BCUT2D eigenvalue weighted by molar-refractivity contribution is 5.86. The zero-order valence-electron chi connectivity index (χ0n) is 11.6. The van der Waals surface area contributed by atoms with E-state index in [4.69, 9.17) is 0 Å². The van der Waals surface area contributed by atoms with E-state index in [1.54, 1.807) is 0 Å². The summed E-state index contributed by atoms with van der Waals surface area (Å²) >= 11 is 0. The number of nitrogens with one attached hydrogen (secondary N) is 1. The predicted octanol–water partition coefficient (Wildman–Crippen LogP) is 2.02. The molecule has 1 amide bonds. The van der Waals surface area contributed by atoms with Crippen LogP contribution in [0.25, 0.3) is 0 Å². The summed E-state index contributed by atoms with van der Waals surface area (Å²) in [5.74, 6) is 0.830. The molecule has 3 heteroatoms. The zero-order chi connectivity index (χ0) is 12.6. The van der Waals surface area contributed by atoms with Crippen LogP contribution in [0.2, 0.25) is 0 Å². The van der Waals surface area contributed by atoms with Gasteiger partial charge in [0.25, 0.3) is 0 Å². The molecule has 0 radical (unpaired) electrons. The number of hydrogen-bond acceptors (Lipinski definition) is 2. The highest BCUT2D eigenvalue weighted by atomic mass is 16.2. The smallest absolute Gasteiger partial charge is 0.240 e. The Balaban J connectivity index is 2.74. The Morgan fingerprint density at radius 1 is 1.31 bits per heavy atom. The molecule has 1 heterocycles. The molecule has 1 N–H and O–H groups in total. The molecule has 1 fully saturated rings. The van der Waals surface area contributed by atoms with E-state index in [-0.39, 0.29) is 17.0 Å². The largest absolute Gasteiger partial charge is 0.348 e. The average Bonchev–Trinajstić information content (AvgIpc) is 2.08. The Bertz CT molecular complexity index is 269. The van der Waals surface area contributed by atoms with Crippen LogP contribution in [0.15, 0.2) is 0 Å². The van der Waals surface area contributed by atoms with Gasteiger partial charge in [0, 0.05) is 12.1 Å². The molecule has 1 saturated heterocycles. The predicted molar refractivity (Wildman–Crippen MR) is 67.3 cm³/mol. The molecule has 0 aromatic heterocycles. The molecule has 16 heavy (non-hydrogen) atoms. The van der Waals surface area contributed by atoms with Gasteiger partial charge < -0.3 is 5.32 Å². The third-order valence-electron chi connectivity index (χ3n) is 3.36. The maximum absolute atomic E-state index is 12.0. The third kappa shape index (κ3) is 2.97. The van der Waals surface area contributed by atoms with E-state index < -0.39 is 0 Å². The van der Waals surface area contributed by atoms with Crippen LogP contribution < -0.4 is 5.32 Å². The van der Waals surface area contributed by atoms with Crippen LogP contribution in [0.5, 0.6) is 0 Å². The number of nitrogens with zero attached hydrogens (tertiary/aromatic N) is 1. The van der Waals surface area contributed by atoms with E-state index in [9.17, 15) is 4.79 Å². The minimum Gasteiger partial charge on any atom is -0.348 e. The fourth-order valence-corrected chi connectivity index (χ4v) is 2.09. The van der Waals surface area contributed by atoms with Crippen LogP contribution in [0.1, 0.15) is 48.0 Å². The Kier molecular flexibility index (Phi) is 3.68. The molecule has 0 aromatic rings. The lowest BCUT2D eigenvalue weighted by atomic mass is 9.90. The van der Waals surface area contributed by atoms with Crippen molar-refractivity contribution in [3.8, 4) is 0 Å². The van der Waals surface area contributed by atoms with Crippen molar-refractivity contribution in [3.63, 3.8) is 0 Å². The molecule has 0 saturated carbocycles. The van der Waals surface area contributed by atoms with Crippen LogP contribution in [-0.2, 0) is 4.79 Å². The summed E-state index contributed by atoms with van der Waals surface area (Å²) in [4.78, 5) is 14.3. The highest BCUT2D eigenvalue weighted by Crippen LogP contribution is 2.25. The van der Waals surface area contributed by atoms with E-state index in [2.05, 4.69) is 37.9 Å². The molecule has 1 rings (SSSR count). The second-order valence-electron chi connectivity index (χ2n) is 6.50. The van der Waals surface area contributed by atoms with Gasteiger partial charge in [-0.15, -0.1) is 0 Å². The standard InChI is InChI=1S/C13H26N2O/c1-10(2)7-8-15-9-12(3,4)14-11(16)13(15,5)6/h10H,7-9H2,1-6H3,(H,14,16). The number of carbonyl (C=O) groups is 1.